The number of ether oxygens (including phenoxy) is 2. The van der Waals surface area contributed by atoms with Crippen molar-refractivity contribution in [3.63, 3.8) is 0 Å². The lowest BCUT2D eigenvalue weighted by atomic mass is 10.1. The summed E-state index contributed by atoms with van der Waals surface area (Å²) in [6.45, 7) is 9.94. The number of hydrogen-bond donors (Lipinski definition) is 0. The molecule has 0 aliphatic carbocycles. The predicted molar refractivity (Wildman–Crippen MR) is 103 cm³/mol. The molecule has 2 atom stereocenters. The molecule has 1 amide bonds. The fraction of sp³-hybridized carbons (Fsp3) is 0.409. The van der Waals surface area contributed by atoms with Crippen molar-refractivity contribution in [3.05, 3.63) is 64.7 Å². The van der Waals surface area contributed by atoms with E-state index in [0.29, 0.717) is 25.3 Å². The molecule has 2 aromatic carbocycles. The number of morpholine rings is 1. The van der Waals surface area contributed by atoms with E-state index in [2.05, 4.69) is 19.9 Å². The minimum absolute atomic E-state index is 0.0635. The summed E-state index contributed by atoms with van der Waals surface area (Å²) in [6.07, 6.45) is 0.154. The summed E-state index contributed by atoms with van der Waals surface area (Å²) in [4.78, 5) is 14.6. The van der Waals surface area contributed by atoms with Gasteiger partial charge in [-0.2, -0.15) is 0 Å². The van der Waals surface area contributed by atoms with E-state index in [1.54, 1.807) is 0 Å². The molecule has 0 N–H and O–H groups in total. The first-order chi connectivity index (χ1) is 12.4. The Balaban J connectivity index is 1.61. The molecule has 2 unspecified atom stereocenters. The first kappa shape index (κ1) is 18.5. The molecule has 0 bridgehead atoms. The van der Waals surface area contributed by atoms with Gasteiger partial charge < -0.3 is 14.4 Å². The van der Waals surface area contributed by atoms with Gasteiger partial charge >= 0.3 is 0 Å². The normalized spacial score (nSPS) is 20.1. The van der Waals surface area contributed by atoms with Crippen LogP contribution in [0.2, 0.25) is 0 Å². The largest absolute Gasteiger partial charge is 0.489 e. The van der Waals surface area contributed by atoms with E-state index in [9.17, 15) is 4.79 Å². The molecule has 4 nitrogen and oxygen atoms in total. The summed E-state index contributed by atoms with van der Waals surface area (Å²) in [7, 11) is 0. The topological polar surface area (TPSA) is 38.8 Å². The van der Waals surface area contributed by atoms with E-state index in [4.69, 9.17) is 9.47 Å². The molecule has 3 rings (SSSR count). The zero-order valence-corrected chi connectivity index (χ0v) is 16.0. The Morgan fingerprint density at radius 1 is 1.04 bits per heavy atom. The van der Waals surface area contributed by atoms with Crippen molar-refractivity contribution in [2.75, 3.05) is 13.1 Å². The van der Waals surface area contributed by atoms with Crippen molar-refractivity contribution in [1.82, 2.24) is 4.90 Å². The average molecular weight is 353 g/mol. The van der Waals surface area contributed by atoms with Crippen LogP contribution in [-0.2, 0) is 11.3 Å². The summed E-state index contributed by atoms with van der Waals surface area (Å²) in [6, 6.07) is 13.8. The third-order valence-electron chi connectivity index (χ3n) is 4.79. The van der Waals surface area contributed by atoms with Crippen LogP contribution in [-0.4, -0.2) is 36.1 Å². The zero-order valence-electron chi connectivity index (χ0n) is 16.0. The SMILES string of the molecule is Cc1ccc(OCc2ccc(C(=O)N3CC(C)OC(C)C3)cc2)cc1C. The van der Waals surface area contributed by atoms with Crippen molar-refractivity contribution in [2.24, 2.45) is 0 Å². The first-order valence-electron chi connectivity index (χ1n) is 9.16. The van der Waals surface area contributed by atoms with E-state index >= 15 is 0 Å². The Labute approximate surface area is 155 Å². The molecule has 0 aromatic heterocycles. The van der Waals surface area contributed by atoms with Gasteiger partial charge in [0, 0.05) is 18.7 Å². The second-order valence-corrected chi connectivity index (χ2v) is 7.20. The van der Waals surface area contributed by atoms with E-state index in [1.807, 2.05) is 55.1 Å². The van der Waals surface area contributed by atoms with Gasteiger partial charge in [0.1, 0.15) is 12.4 Å². The van der Waals surface area contributed by atoms with Crippen molar-refractivity contribution in [2.45, 2.75) is 46.5 Å². The number of amides is 1. The number of carbonyl (C=O) groups is 1. The van der Waals surface area contributed by atoms with Crippen LogP contribution in [0.1, 0.15) is 40.9 Å². The minimum atomic E-state index is 0.0635. The zero-order chi connectivity index (χ0) is 18.7. The van der Waals surface area contributed by atoms with E-state index in [1.165, 1.54) is 11.1 Å². The minimum Gasteiger partial charge on any atom is -0.489 e. The van der Waals surface area contributed by atoms with Gasteiger partial charge in [-0.15, -0.1) is 0 Å². The molecule has 26 heavy (non-hydrogen) atoms. The fourth-order valence-electron chi connectivity index (χ4n) is 3.24. The van der Waals surface area contributed by atoms with E-state index in [0.717, 1.165) is 11.3 Å². The number of aryl methyl sites for hydroxylation is 2. The summed E-state index contributed by atoms with van der Waals surface area (Å²) in [5.74, 6) is 0.929. The molecule has 1 fully saturated rings. The quantitative estimate of drug-likeness (QED) is 0.829. The third-order valence-corrected chi connectivity index (χ3v) is 4.79. The maximum Gasteiger partial charge on any atom is 0.254 e. The van der Waals surface area contributed by atoms with Gasteiger partial charge in [0.15, 0.2) is 0 Å². The molecule has 2 aromatic rings. The van der Waals surface area contributed by atoms with Crippen LogP contribution in [0.4, 0.5) is 0 Å². The first-order valence-corrected chi connectivity index (χ1v) is 9.16. The second kappa shape index (κ2) is 7.92. The number of benzene rings is 2. The lowest BCUT2D eigenvalue weighted by molar-refractivity contribution is -0.0586. The van der Waals surface area contributed by atoms with Gasteiger partial charge in [0.25, 0.3) is 5.91 Å². The Kier molecular flexibility index (Phi) is 5.62. The highest BCUT2D eigenvalue weighted by Crippen LogP contribution is 2.19. The number of nitrogens with zero attached hydrogens (tertiary/aromatic N) is 1. The maximum atomic E-state index is 12.7. The molecule has 0 spiro atoms. The number of carbonyl (C=O) groups excluding carboxylic acids is 1. The standard InChI is InChI=1S/C22H27NO3/c1-15-5-10-21(11-16(15)2)25-14-19-6-8-20(9-7-19)22(24)23-12-17(3)26-18(4)13-23/h5-11,17-18H,12-14H2,1-4H3. The van der Waals surface area contributed by atoms with Gasteiger partial charge in [0.05, 0.1) is 12.2 Å². The van der Waals surface area contributed by atoms with Gasteiger partial charge in [0.2, 0.25) is 0 Å². The molecule has 1 saturated heterocycles. The monoisotopic (exact) mass is 353 g/mol. The smallest absolute Gasteiger partial charge is 0.254 e. The molecular weight excluding hydrogens is 326 g/mol. The average Bonchev–Trinajstić information content (AvgIpc) is 2.62. The lowest BCUT2D eigenvalue weighted by Gasteiger charge is -2.35. The Morgan fingerprint density at radius 3 is 2.31 bits per heavy atom. The van der Waals surface area contributed by atoms with Crippen LogP contribution in [0.25, 0.3) is 0 Å². The summed E-state index contributed by atoms with van der Waals surface area (Å²) in [5.41, 5.74) is 4.23. The Hall–Kier alpha value is -2.33. The van der Waals surface area contributed by atoms with Crippen LogP contribution in [0.15, 0.2) is 42.5 Å². The highest BCUT2D eigenvalue weighted by atomic mass is 16.5. The number of hydrogen-bond acceptors (Lipinski definition) is 3. The van der Waals surface area contributed by atoms with Crippen LogP contribution in [0.3, 0.4) is 0 Å². The molecule has 1 heterocycles. The number of rotatable bonds is 4. The van der Waals surface area contributed by atoms with Crippen LogP contribution >= 0.6 is 0 Å². The molecular formula is C22H27NO3. The van der Waals surface area contributed by atoms with Gasteiger partial charge in [-0.05, 0) is 68.7 Å². The molecule has 0 radical (unpaired) electrons. The summed E-state index contributed by atoms with van der Waals surface area (Å²) < 4.78 is 11.6. The van der Waals surface area contributed by atoms with Crippen molar-refractivity contribution >= 4 is 5.91 Å². The lowest BCUT2D eigenvalue weighted by Crippen LogP contribution is -2.48. The van der Waals surface area contributed by atoms with Crippen LogP contribution in [0.5, 0.6) is 5.75 Å². The molecule has 4 heteroatoms. The highest BCUT2D eigenvalue weighted by molar-refractivity contribution is 5.94. The Bertz CT molecular complexity index is 759. The molecule has 138 valence electrons. The molecule has 0 saturated carbocycles. The predicted octanol–water partition coefficient (Wildman–Crippen LogP) is 4.13. The summed E-state index contributed by atoms with van der Waals surface area (Å²) in [5, 5.41) is 0. The van der Waals surface area contributed by atoms with Crippen LogP contribution < -0.4 is 4.74 Å². The third kappa shape index (κ3) is 4.44. The molecule has 1 aliphatic heterocycles. The van der Waals surface area contributed by atoms with Crippen molar-refractivity contribution in [3.8, 4) is 5.75 Å². The highest BCUT2D eigenvalue weighted by Gasteiger charge is 2.26. The van der Waals surface area contributed by atoms with Gasteiger partial charge in [-0.3, -0.25) is 4.79 Å². The van der Waals surface area contributed by atoms with Crippen molar-refractivity contribution in [1.29, 1.82) is 0 Å². The van der Waals surface area contributed by atoms with E-state index in [-0.39, 0.29) is 18.1 Å². The maximum absolute atomic E-state index is 12.7. The Morgan fingerprint density at radius 2 is 1.69 bits per heavy atom. The van der Waals surface area contributed by atoms with Crippen molar-refractivity contribution < 1.29 is 14.3 Å². The van der Waals surface area contributed by atoms with E-state index < -0.39 is 0 Å². The fourth-order valence-corrected chi connectivity index (χ4v) is 3.24. The van der Waals surface area contributed by atoms with Gasteiger partial charge in [-0.25, -0.2) is 0 Å². The second-order valence-electron chi connectivity index (χ2n) is 7.20. The van der Waals surface area contributed by atoms with Crippen LogP contribution in [0, 0.1) is 13.8 Å². The van der Waals surface area contributed by atoms with Gasteiger partial charge in [-0.1, -0.05) is 18.2 Å². The summed E-state index contributed by atoms with van der Waals surface area (Å²) >= 11 is 0. The molecule has 1 aliphatic rings.